The summed E-state index contributed by atoms with van der Waals surface area (Å²) in [5.74, 6) is -1.03. The highest BCUT2D eigenvalue weighted by atomic mass is 32.1. The minimum absolute atomic E-state index is 0.0267. The quantitative estimate of drug-likeness (QED) is 0.729. The molecule has 0 radical (unpaired) electrons. The van der Waals surface area contributed by atoms with Gasteiger partial charge >= 0.3 is 11.8 Å². The monoisotopic (exact) mass is 320 g/mol. The number of carbonyl (C=O) groups excluding carboxylic acids is 2. The fourth-order valence-corrected chi connectivity index (χ4v) is 2.45. The van der Waals surface area contributed by atoms with Gasteiger partial charge in [-0.3, -0.25) is 9.59 Å². The second kappa shape index (κ2) is 7.58. The smallest absolute Gasteiger partial charge is 0.313 e. The van der Waals surface area contributed by atoms with Gasteiger partial charge in [0.25, 0.3) is 0 Å². The maximum Gasteiger partial charge on any atom is 0.313 e. The number of ether oxygens (including phenoxy) is 1. The lowest BCUT2D eigenvalue weighted by atomic mass is 10.2. The van der Waals surface area contributed by atoms with Crippen molar-refractivity contribution in [2.24, 2.45) is 0 Å². The molecule has 0 fully saturated rings. The van der Waals surface area contributed by atoms with E-state index in [0.29, 0.717) is 17.0 Å². The van der Waals surface area contributed by atoms with E-state index >= 15 is 0 Å². The molecule has 2 rings (SSSR count). The zero-order chi connectivity index (χ0) is 15.9. The van der Waals surface area contributed by atoms with Crippen LogP contribution in [0.5, 0.6) is 5.75 Å². The number of nitrogens with one attached hydrogen (secondary N) is 2. The van der Waals surface area contributed by atoms with Crippen molar-refractivity contribution in [1.82, 2.24) is 5.32 Å². The molecule has 1 heterocycles. The third kappa shape index (κ3) is 4.31. The fraction of sp³-hybridized carbons (Fsp3) is 0.200. The molecule has 0 aliphatic rings. The molecule has 1 unspecified atom stereocenters. The van der Waals surface area contributed by atoms with E-state index in [4.69, 9.17) is 4.74 Å². The number of aliphatic hydroxyl groups excluding tert-OH is 1. The minimum atomic E-state index is -0.834. The van der Waals surface area contributed by atoms with Crippen molar-refractivity contribution in [3.05, 3.63) is 46.7 Å². The standard InChI is InChI=1S/C15H16N2O4S/c1-21-12-4-2-3-11(7-12)17-15(20)14(19)16-8-13(18)10-5-6-22-9-10/h2-7,9,13,18H,8H2,1H3,(H,16,19)(H,17,20). The van der Waals surface area contributed by atoms with Gasteiger partial charge in [0, 0.05) is 18.3 Å². The van der Waals surface area contributed by atoms with Gasteiger partial charge in [0.2, 0.25) is 0 Å². The van der Waals surface area contributed by atoms with Crippen LogP contribution in [0, 0.1) is 0 Å². The van der Waals surface area contributed by atoms with E-state index in [-0.39, 0.29) is 6.54 Å². The molecule has 3 N–H and O–H groups in total. The van der Waals surface area contributed by atoms with E-state index in [1.807, 2.05) is 5.38 Å². The van der Waals surface area contributed by atoms with Crippen LogP contribution in [0.15, 0.2) is 41.1 Å². The molecule has 6 nitrogen and oxygen atoms in total. The van der Waals surface area contributed by atoms with Gasteiger partial charge in [0.1, 0.15) is 5.75 Å². The lowest BCUT2D eigenvalue weighted by molar-refractivity contribution is -0.136. The Bertz CT molecular complexity index is 643. The molecule has 0 aliphatic heterocycles. The number of rotatable bonds is 5. The Balaban J connectivity index is 1.85. The predicted molar refractivity (Wildman–Crippen MR) is 83.9 cm³/mol. The average molecular weight is 320 g/mol. The number of hydrogen-bond donors (Lipinski definition) is 3. The second-order valence-corrected chi connectivity index (χ2v) is 5.25. The van der Waals surface area contributed by atoms with Crippen molar-refractivity contribution in [2.45, 2.75) is 6.10 Å². The van der Waals surface area contributed by atoms with Crippen LogP contribution in [0.2, 0.25) is 0 Å². The number of anilines is 1. The fourth-order valence-electron chi connectivity index (χ4n) is 1.74. The summed E-state index contributed by atoms with van der Waals surface area (Å²) >= 11 is 1.45. The molecule has 2 aromatic rings. The topological polar surface area (TPSA) is 87.7 Å². The van der Waals surface area contributed by atoms with Crippen molar-refractivity contribution in [3.63, 3.8) is 0 Å². The second-order valence-electron chi connectivity index (χ2n) is 4.47. The van der Waals surface area contributed by atoms with Crippen LogP contribution in [0.25, 0.3) is 0 Å². The summed E-state index contributed by atoms with van der Waals surface area (Å²) in [5, 5.41) is 18.3. The summed E-state index contributed by atoms with van der Waals surface area (Å²) in [6.07, 6.45) is -0.834. The highest BCUT2D eigenvalue weighted by Gasteiger charge is 2.16. The van der Waals surface area contributed by atoms with Gasteiger partial charge in [0.05, 0.1) is 13.2 Å². The van der Waals surface area contributed by atoms with Crippen LogP contribution < -0.4 is 15.4 Å². The third-order valence-corrected chi connectivity index (χ3v) is 3.62. The lowest BCUT2D eigenvalue weighted by Crippen LogP contribution is -2.37. The molecule has 0 bridgehead atoms. The first-order valence-corrected chi connectivity index (χ1v) is 7.48. The maximum atomic E-state index is 11.8. The van der Waals surface area contributed by atoms with Crippen molar-refractivity contribution in [1.29, 1.82) is 0 Å². The summed E-state index contributed by atoms with van der Waals surface area (Å²) in [5.41, 5.74) is 1.16. The van der Waals surface area contributed by atoms with E-state index in [0.717, 1.165) is 0 Å². The third-order valence-electron chi connectivity index (χ3n) is 2.92. The summed E-state index contributed by atoms with van der Waals surface area (Å²) in [7, 11) is 1.51. The SMILES string of the molecule is COc1cccc(NC(=O)C(=O)NCC(O)c2ccsc2)c1. The van der Waals surface area contributed by atoms with Crippen LogP contribution in [0.3, 0.4) is 0 Å². The Labute approximate surface area is 131 Å². The van der Waals surface area contributed by atoms with Crippen LogP contribution in [-0.4, -0.2) is 30.6 Å². The highest BCUT2D eigenvalue weighted by Crippen LogP contribution is 2.17. The molecule has 1 aromatic carbocycles. The number of thiophene rings is 1. The molecule has 0 saturated carbocycles. The molecule has 0 aliphatic carbocycles. The van der Waals surface area contributed by atoms with Gasteiger partial charge in [-0.05, 0) is 34.5 Å². The highest BCUT2D eigenvalue weighted by molar-refractivity contribution is 7.07. The molecule has 116 valence electrons. The largest absolute Gasteiger partial charge is 0.497 e. The van der Waals surface area contributed by atoms with Crippen LogP contribution in [0.1, 0.15) is 11.7 Å². The van der Waals surface area contributed by atoms with Crippen LogP contribution in [-0.2, 0) is 9.59 Å². The predicted octanol–water partition coefficient (Wildman–Crippen LogP) is 1.54. The molecule has 1 atom stereocenters. The molecule has 22 heavy (non-hydrogen) atoms. The summed E-state index contributed by atoms with van der Waals surface area (Å²) in [4.78, 5) is 23.5. The molecule has 1 aromatic heterocycles. The summed E-state index contributed by atoms with van der Waals surface area (Å²) < 4.78 is 5.03. The molecule has 0 saturated heterocycles. The van der Waals surface area contributed by atoms with Gasteiger partial charge in [0.15, 0.2) is 0 Å². The minimum Gasteiger partial charge on any atom is -0.497 e. The van der Waals surface area contributed by atoms with Crippen molar-refractivity contribution >= 4 is 28.8 Å². The van der Waals surface area contributed by atoms with Crippen LogP contribution in [0.4, 0.5) is 5.69 Å². The van der Waals surface area contributed by atoms with Crippen LogP contribution >= 0.6 is 11.3 Å². The maximum absolute atomic E-state index is 11.8. The van der Waals surface area contributed by atoms with Crippen molar-refractivity contribution in [2.75, 3.05) is 19.0 Å². The number of methoxy groups -OCH3 is 1. The average Bonchev–Trinajstić information content (AvgIpc) is 3.06. The molecule has 2 amide bonds. The van der Waals surface area contributed by atoms with E-state index in [9.17, 15) is 14.7 Å². The Hall–Kier alpha value is -2.38. The van der Waals surface area contributed by atoms with Gasteiger partial charge in [-0.25, -0.2) is 0 Å². The number of amides is 2. The molecule has 0 spiro atoms. The zero-order valence-corrected chi connectivity index (χ0v) is 12.7. The first-order chi connectivity index (χ1) is 10.6. The Morgan fingerprint density at radius 3 is 2.82 bits per heavy atom. The van der Waals surface area contributed by atoms with E-state index in [1.54, 1.807) is 35.7 Å². The lowest BCUT2D eigenvalue weighted by Gasteiger charge is -2.11. The van der Waals surface area contributed by atoms with Gasteiger partial charge in [-0.1, -0.05) is 6.07 Å². The normalized spacial score (nSPS) is 11.5. The molecular formula is C15H16N2O4S. The molecule has 7 heteroatoms. The zero-order valence-electron chi connectivity index (χ0n) is 11.9. The van der Waals surface area contributed by atoms with Gasteiger partial charge < -0.3 is 20.5 Å². The first-order valence-electron chi connectivity index (χ1n) is 6.53. The summed E-state index contributed by atoms with van der Waals surface area (Å²) in [6.45, 7) is -0.0267. The van der Waals surface area contributed by atoms with E-state index in [1.165, 1.54) is 18.4 Å². The van der Waals surface area contributed by atoms with E-state index in [2.05, 4.69) is 10.6 Å². The van der Waals surface area contributed by atoms with Gasteiger partial charge in [-0.2, -0.15) is 11.3 Å². The number of aliphatic hydroxyl groups is 1. The number of carbonyl (C=O) groups is 2. The van der Waals surface area contributed by atoms with Crippen molar-refractivity contribution < 1.29 is 19.4 Å². The number of hydrogen-bond acceptors (Lipinski definition) is 5. The Kier molecular flexibility index (Phi) is 5.51. The first kappa shape index (κ1) is 16.0. The molecular weight excluding hydrogens is 304 g/mol. The Morgan fingerprint density at radius 2 is 2.14 bits per heavy atom. The summed E-state index contributed by atoms with van der Waals surface area (Å²) in [6, 6.07) is 8.44. The van der Waals surface area contributed by atoms with Gasteiger partial charge in [-0.15, -0.1) is 0 Å². The Morgan fingerprint density at radius 1 is 1.32 bits per heavy atom. The van der Waals surface area contributed by atoms with Crippen molar-refractivity contribution in [3.8, 4) is 5.75 Å². The van der Waals surface area contributed by atoms with E-state index < -0.39 is 17.9 Å². The number of benzene rings is 1.